The molecule has 2 aliphatic heterocycles. The lowest BCUT2D eigenvalue weighted by Crippen LogP contribution is -2.59. The lowest BCUT2D eigenvalue weighted by Gasteiger charge is -2.46. The summed E-state index contributed by atoms with van der Waals surface area (Å²) in [6.07, 6.45) is -1.23. The summed E-state index contributed by atoms with van der Waals surface area (Å²) in [7, 11) is -2.60. The molecule has 1 aromatic carbocycles. The number of rotatable bonds is 4. The van der Waals surface area contributed by atoms with E-state index in [9.17, 15) is 27.1 Å². The highest BCUT2D eigenvalue weighted by Crippen LogP contribution is 2.51. The van der Waals surface area contributed by atoms with Crippen molar-refractivity contribution < 1.29 is 27.1 Å². The maximum absolute atomic E-state index is 13.5. The van der Waals surface area contributed by atoms with Crippen LogP contribution in [-0.4, -0.2) is 74.7 Å². The van der Waals surface area contributed by atoms with Gasteiger partial charge < -0.3 is 14.9 Å². The van der Waals surface area contributed by atoms with Gasteiger partial charge in [0, 0.05) is 56.8 Å². The first-order valence-electron chi connectivity index (χ1n) is 12.2. The summed E-state index contributed by atoms with van der Waals surface area (Å²) in [4.78, 5) is 20.0. The Kier molecular flexibility index (Phi) is 5.81. The van der Waals surface area contributed by atoms with Crippen molar-refractivity contribution in [2.24, 2.45) is 11.3 Å². The van der Waals surface area contributed by atoms with Crippen LogP contribution >= 0.6 is 0 Å². The second-order valence-electron chi connectivity index (χ2n) is 11.1. The van der Waals surface area contributed by atoms with E-state index in [1.54, 1.807) is 12.1 Å². The molecule has 2 atom stereocenters. The van der Waals surface area contributed by atoms with Crippen molar-refractivity contribution in [3.63, 3.8) is 0 Å². The molecule has 2 aromatic rings. The van der Waals surface area contributed by atoms with E-state index in [0.29, 0.717) is 31.0 Å². The van der Waals surface area contributed by atoms with Crippen molar-refractivity contribution in [2.75, 3.05) is 46.7 Å². The fourth-order valence-electron chi connectivity index (χ4n) is 5.12. The van der Waals surface area contributed by atoms with Crippen LogP contribution in [0.5, 0.6) is 0 Å². The molecule has 200 valence electrons. The lowest BCUT2D eigenvalue weighted by atomic mass is 9.84. The average Bonchev–Trinajstić information content (AvgIpc) is 3.40. The van der Waals surface area contributed by atoms with Gasteiger partial charge in [0.1, 0.15) is 0 Å². The smallest absolute Gasteiger partial charge is 0.407 e. The minimum absolute atomic E-state index is 0.191. The summed E-state index contributed by atoms with van der Waals surface area (Å²) in [5.41, 5.74) is 2.28. The van der Waals surface area contributed by atoms with Gasteiger partial charge in [-0.25, -0.2) is 27.2 Å². The zero-order valence-electron chi connectivity index (χ0n) is 21.2. The Morgan fingerprint density at radius 3 is 2.51 bits per heavy atom. The number of hydrogen-bond donors (Lipinski definition) is 1. The highest BCUT2D eigenvalue weighted by Gasteiger charge is 2.59. The second-order valence-corrected chi connectivity index (χ2v) is 12.9. The Morgan fingerprint density at radius 1 is 1.19 bits per heavy atom. The van der Waals surface area contributed by atoms with Gasteiger partial charge >= 0.3 is 16.3 Å². The number of pyridine rings is 1. The molecule has 2 fully saturated rings. The molecule has 3 aliphatic rings. The molecule has 5 rings (SSSR count). The average molecular weight is 536 g/mol. The molecule has 1 amide bonds. The number of amides is 1. The highest BCUT2D eigenvalue weighted by molar-refractivity contribution is 7.94. The van der Waals surface area contributed by atoms with Gasteiger partial charge in [-0.05, 0) is 29.7 Å². The number of halogens is 2. The molecule has 1 aliphatic carbocycles. The van der Waals surface area contributed by atoms with Crippen LogP contribution < -0.4 is 13.5 Å². The molecule has 0 spiro atoms. The third-order valence-corrected chi connectivity index (χ3v) is 9.29. The van der Waals surface area contributed by atoms with E-state index in [4.69, 9.17) is 0 Å². The predicted octanol–water partition coefficient (Wildman–Crippen LogP) is 4.12. The maximum Gasteiger partial charge on any atom is 0.407 e. The van der Waals surface area contributed by atoms with Gasteiger partial charge in [-0.15, -0.1) is 0 Å². The number of benzene rings is 1. The molecule has 2 unspecified atom stereocenters. The summed E-state index contributed by atoms with van der Waals surface area (Å²) in [6, 6.07) is 10.8. The number of fused-ring (bicyclic) bond motifs is 1. The van der Waals surface area contributed by atoms with Crippen LogP contribution in [0.4, 0.5) is 30.8 Å². The van der Waals surface area contributed by atoms with Gasteiger partial charge in [0.25, 0.3) is 5.92 Å². The van der Waals surface area contributed by atoms with Gasteiger partial charge in [0.05, 0.1) is 17.4 Å². The summed E-state index contributed by atoms with van der Waals surface area (Å²) in [5, 5.41) is 9.66. The molecular weight excluding hydrogens is 504 g/mol. The third kappa shape index (κ3) is 4.45. The largest absolute Gasteiger partial charge is 0.465 e. The summed E-state index contributed by atoms with van der Waals surface area (Å²) in [5.74, 6) is -3.61. The van der Waals surface area contributed by atoms with Crippen molar-refractivity contribution in [2.45, 2.75) is 39.2 Å². The fraction of sp³-hybridized carbons (Fsp3) is 0.520. The third-order valence-electron chi connectivity index (χ3n) is 7.52. The predicted molar refractivity (Wildman–Crippen MR) is 138 cm³/mol. The Balaban J connectivity index is 1.42. The van der Waals surface area contributed by atoms with Gasteiger partial charge in [0.15, 0.2) is 5.82 Å². The monoisotopic (exact) mass is 535 g/mol. The lowest BCUT2D eigenvalue weighted by molar-refractivity contribution is 0.0748. The summed E-state index contributed by atoms with van der Waals surface area (Å²) >= 11 is 0. The van der Waals surface area contributed by atoms with Crippen LogP contribution in [0.15, 0.2) is 36.4 Å². The van der Waals surface area contributed by atoms with Gasteiger partial charge in [-0.2, -0.15) is 8.42 Å². The van der Waals surface area contributed by atoms with E-state index in [-0.39, 0.29) is 30.2 Å². The summed E-state index contributed by atoms with van der Waals surface area (Å²) in [6.45, 7) is 7.28. The van der Waals surface area contributed by atoms with Crippen molar-refractivity contribution in [1.29, 1.82) is 0 Å². The number of nitrogens with zero attached hydrogens (tertiary/aromatic N) is 5. The molecule has 1 N–H and O–H groups in total. The number of piperazine rings is 1. The number of alkyl halides is 2. The Bertz CT molecular complexity index is 1350. The highest BCUT2D eigenvalue weighted by atomic mass is 32.2. The molecular formula is C25H31F2N5O4S. The number of aromatic nitrogens is 1. The molecule has 9 nitrogen and oxygen atoms in total. The van der Waals surface area contributed by atoms with Crippen molar-refractivity contribution >= 4 is 33.5 Å². The van der Waals surface area contributed by atoms with Gasteiger partial charge in [-0.1, -0.05) is 32.9 Å². The van der Waals surface area contributed by atoms with E-state index in [0.717, 1.165) is 19.9 Å². The first-order valence-corrected chi connectivity index (χ1v) is 13.6. The molecule has 37 heavy (non-hydrogen) atoms. The Morgan fingerprint density at radius 2 is 1.89 bits per heavy atom. The van der Waals surface area contributed by atoms with Crippen molar-refractivity contribution in [3.8, 4) is 11.3 Å². The van der Waals surface area contributed by atoms with Crippen LogP contribution in [0.3, 0.4) is 0 Å². The number of carboxylic acid groups (broad SMARTS) is 1. The number of carbonyl (C=O) groups is 1. The fourth-order valence-corrected chi connectivity index (χ4v) is 6.53. The molecule has 1 saturated carbocycles. The zero-order chi connectivity index (χ0) is 26.9. The first-order chi connectivity index (χ1) is 17.2. The zero-order valence-corrected chi connectivity index (χ0v) is 22.0. The first kappa shape index (κ1) is 25.5. The van der Waals surface area contributed by atoms with E-state index in [1.807, 2.05) is 45.0 Å². The molecule has 12 heteroatoms. The van der Waals surface area contributed by atoms with Crippen LogP contribution in [0, 0.1) is 11.3 Å². The van der Waals surface area contributed by atoms with Gasteiger partial charge in [0.2, 0.25) is 0 Å². The van der Waals surface area contributed by atoms with Crippen LogP contribution in [0.2, 0.25) is 0 Å². The Hall–Kier alpha value is -3.15. The Labute approximate surface area is 215 Å². The molecule has 0 radical (unpaired) electrons. The van der Waals surface area contributed by atoms with Crippen molar-refractivity contribution in [3.05, 3.63) is 36.4 Å². The SMILES string of the molecule is CN1c2nc(-c3cccc(N4CCN(C(=O)O)C(C(C)(C)C)C4)c3)ccc2N(CC2CC2(F)F)S1(=O)=O. The normalized spacial score (nSPS) is 24.3. The van der Waals surface area contributed by atoms with E-state index in [2.05, 4.69) is 9.88 Å². The van der Waals surface area contributed by atoms with Crippen LogP contribution in [0.1, 0.15) is 27.2 Å². The van der Waals surface area contributed by atoms with Crippen molar-refractivity contribution in [1.82, 2.24) is 9.88 Å². The quantitative estimate of drug-likeness (QED) is 0.633. The maximum atomic E-state index is 13.5. The minimum atomic E-state index is -3.98. The van der Waals surface area contributed by atoms with E-state index < -0.39 is 28.1 Å². The topological polar surface area (TPSA) is 97.3 Å². The molecule has 3 heterocycles. The number of hydrogen-bond acceptors (Lipinski definition) is 5. The molecule has 1 aromatic heterocycles. The summed E-state index contributed by atoms with van der Waals surface area (Å²) < 4.78 is 55.0. The standard InChI is InChI=1S/C25H31F2N5O4S/c1-24(2,3)21-15-30(10-11-31(21)23(33)34)18-7-5-6-16(12-18)19-8-9-20-22(28-19)29(4)37(35,36)32(20)14-17-13-25(17,26)27/h5-9,12,17,21H,10-11,13-15H2,1-4H3,(H,33,34). The second kappa shape index (κ2) is 8.44. The van der Waals surface area contributed by atoms with E-state index >= 15 is 0 Å². The van der Waals surface area contributed by atoms with E-state index in [1.165, 1.54) is 11.9 Å². The van der Waals surface area contributed by atoms with Crippen LogP contribution in [-0.2, 0) is 10.2 Å². The van der Waals surface area contributed by atoms with Crippen LogP contribution in [0.25, 0.3) is 11.3 Å². The number of anilines is 3. The van der Waals surface area contributed by atoms with Gasteiger partial charge in [-0.3, -0.25) is 0 Å². The minimum Gasteiger partial charge on any atom is -0.465 e. The molecule has 1 saturated heterocycles. The molecule has 0 bridgehead atoms.